The summed E-state index contributed by atoms with van der Waals surface area (Å²) < 4.78 is 0. The topological polar surface area (TPSA) is 88.3 Å². The Balaban J connectivity index is 1.66. The van der Waals surface area contributed by atoms with E-state index in [0.29, 0.717) is 29.2 Å². The number of rotatable bonds is 3. The monoisotopic (exact) mass is 370 g/mol. The van der Waals surface area contributed by atoms with Crippen LogP contribution in [0.2, 0.25) is 0 Å². The largest absolute Gasteiger partial charge is 0.337 e. The molecular formula is C19H22N4O2S. The first-order chi connectivity index (χ1) is 12.6. The van der Waals surface area contributed by atoms with Gasteiger partial charge >= 0.3 is 0 Å². The van der Waals surface area contributed by atoms with Crippen molar-refractivity contribution in [1.82, 2.24) is 9.88 Å². The summed E-state index contributed by atoms with van der Waals surface area (Å²) in [7, 11) is 0. The van der Waals surface area contributed by atoms with E-state index in [1.165, 1.54) is 11.1 Å². The quantitative estimate of drug-likeness (QED) is 0.869. The van der Waals surface area contributed by atoms with E-state index in [1.807, 2.05) is 4.90 Å². The Kier molecular flexibility index (Phi) is 4.74. The van der Waals surface area contributed by atoms with Crippen molar-refractivity contribution in [1.29, 1.82) is 0 Å². The number of fused-ring (bicyclic) bond motifs is 1. The second-order valence-corrected chi connectivity index (χ2v) is 8.02. The molecule has 136 valence electrons. The lowest BCUT2D eigenvalue weighted by Gasteiger charge is -2.19. The zero-order valence-corrected chi connectivity index (χ0v) is 15.3. The molecule has 0 unspecified atom stereocenters. The molecule has 3 heterocycles. The number of carbonyl (C=O) groups is 2. The second kappa shape index (κ2) is 7.17. The third-order valence-corrected chi connectivity index (χ3v) is 6.26. The highest BCUT2D eigenvalue weighted by Gasteiger charge is 2.32. The fraction of sp³-hybridized carbons (Fsp3) is 0.421. The number of likely N-dealkylation sites (tertiary alicyclic amines) is 1. The first-order valence-corrected chi connectivity index (χ1v) is 9.86. The van der Waals surface area contributed by atoms with Crippen LogP contribution >= 0.6 is 11.3 Å². The van der Waals surface area contributed by atoms with Crippen molar-refractivity contribution in [3.05, 3.63) is 46.1 Å². The molecule has 1 aliphatic carbocycles. The molecule has 3 N–H and O–H groups in total. The van der Waals surface area contributed by atoms with Crippen LogP contribution in [0.3, 0.4) is 0 Å². The van der Waals surface area contributed by atoms with Gasteiger partial charge in [0, 0.05) is 36.4 Å². The van der Waals surface area contributed by atoms with Gasteiger partial charge < -0.3 is 16.0 Å². The number of hydrogen-bond acceptors (Lipinski definition) is 5. The highest BCUT2D eigenvalue weighted by atomic mass is 32.1. The van der Waals surface area contributed by atoms with Crippen molar-refractivity contribution in [2.45, 2.75) is 38.1 Å². The Hall–Kier alpha value is -2.25. The first kappa shape index (κ1) is 17.2. The highest BCUT2D eigenvalue weighted by Crippen LogP contribution is 2.39. The van der Waals surface area contributed by atoms with Gasteiger partial charge in [-0.15, -0.1) is 11.3 Å². The van der Waals surface area contributed by atoms with Crippen LogP contribution in [0.1, 0.15) is 50.4 Å². The molecule has 7 heteroatoms. The lowest BCUT2D eigenvalue weighted by atomic mass is 9.95. The molecule has 1 saturated heterocycles. The van der Waals surface area contributed by atoms with Gasteiger partial charge in [-0.3, -0.25) is 14.6 Å². The number of nitrogens with two attached hydrogens (primary N) is 1. The number of hydrogen-bond donors (Lipinski definition) is 2. The molecule has 2 aliphatic rings. The van der Waals surface area contributed by atoms with Gasteiger partial charge in [0.05, 0.1) is 11.1 Å². The summed E-state index contributed by atoms with van der Waals surface area (Å²) in [6, 6.07) is 3.49. The minimum absolute atomic E-state index is 0.00108. The molecule has 0 spiro atoms. The third kappa shape index (κ3) is 3.24. The number of aromatic nitrogens is 1. The van der Waals surface area contributed by atoms with Gasteiger partial charge in [0.2, 0.25) is 0 Å². The summed E-state index contributed by atoms with van der Waals surface area (Å²) >= 11 is 1.54. The van der Waals surface area contributed by atoms with Crippen molar-refractivity contribution >= 4 is 28.2 Å². The van der Waals surface area contributed by atoms with Gasteiger partial charge in [0.1, 0.15) is 5.00 Å². The maximum atomic E-state index is 13.2. The summed E-state index contributed by atoms with van der Waals surface area (Å²) in [4.78, 5) is 32.8. The van der Waals surface area contributed by atoms with Crippen LogP contribution in [0, 0.1) is 0 Å². The molecular weight excluding hydrogens is 348 g/mol. The molecule has 4 rings (SSSR count). The smallest absolute Gasteiger partial charge is 0.257 e. The minimum atomic E-state index is -0.233. The number of nitrogens with one attached hydrogen (secondary N) is 1. The zero-order chi connectivity index (χ0) is 18.1. The van der Waals surface area contributed by atoms with Crippen LogP contribution in [0.5, 0.6) is 0 Å². The molecule has 0 bridgehead atoms. The highest BCUT2D eigenvalue weighted by molar-refractivity contribution is 7.17. The Labute approximate surface area is 156 Å². The van der Waals surface area contributed by atoms with E-state index in [1.54, 1.807) is 29.7 Å². The first-order valence-electron chi connectivity index (χ1n) is 9.04. The number of aryl methyl sites for hydroxylation is 1. The number of pyridine rings is 1. The Morgan fingerprint density at radius 3 is 2.88 bits per heavy atom. The van der Waals surface area contributed by atoms with Crippen molar-refractivity contribution in [3.8, 4) is 0 Å². The molecule has 0 saturated carbocycles. The van der Waals surface area contributed by atoms with Gasteiger partial charge in [-0.1, -0.05) is 0 Å². The van der Waals surface area contributed by atoms with Crippen LogP contribution in [-0.2, 0) is 12.8 Å². The van der Waals surface area contributed by atoms with E-state index in [-0.39, 0.29) is 17.9 Å². The SMILES string of the molecule is N[C@@H]1CCN(C(=O)c2c(NC(=O)c3cccnc3)sc3c2CCCC3)C1. The maximum absolute atomic E-state index is 13.2. The lowest BCUT2D eigenvalue weighted by Crippen LogP contribution is -2.33. The van der Waals surface area contributed by atoms with Gasteiger partial charge in [-0.2, -0.15) is 0 Å². The molecule has 2 amide bonds. The predicted octanol–water partition coefficient (Wildman–Crippen LogP) is 2.45. The van der Waals surface area contributed by atoms with Crippen molar-refractivity contribution < 1.29 is 9.59 Å². The number of nitrogens with zero attached hydrogens (tertiary/aromatic N) is 2. The fourth-order valence-electron chi connectivity index (χ4n) is 3.68. The van der Waals surface area contributed by atoms with E-state index in [4.69, 9.17) is 5.73 Å². The standard InChI is InChI=1S/C19H22N4O2S/c20-13-7-9-23(11-13)19(25)16-14-5-1-2-6-15(14)26-18(16)22-17(24)12-4-3-8-21-10-12/h3-4,8,10,13H,1-2,5-7,9,11,20H2,(H,22,24)/t13-/m1/s1. The van der Waals surface area contributed by atoms with E-state index >= 15 is 0 Å². The molecule has 1 atom stereocenters. The van der Waals surface area contributed by atoms with Gasteiger partial charge in [0.25, 0.3) is 11.8 Å². The van der Waals surface area contributed by atoms with Crippen molar-refractivity contribution in [2.75, 3.05) is 18.4 Å². The number of amides is 2. The summed E-state index contributed by atoms with van der Waals surface area (Å²) in [5, 5.41) is 3.62. The number of thiophene rings is 1. The zero-order valence-electron chi connectivity index (χ0n) is 14.5. The molecule has 2 aromatic heterocycles. The maximum Gasteiger partial charge on any atom is 0.257 e. The van der Waals surface area contributed by atoms with Crippen LogP contribution in [0.25, 0.3) is 0 Å². The van der Waals surface area contributed by atoms with Gasteiger partial charge in [-0.25, -0.2) is 0 Å². The van der Waals surface area contributed by atoms with Crippen LogP contribution in [-0.4, -0.2) is 40.8 Å². The molecule has 2 aromatic rings. The average molecular weight is 370 g/mol. The predicted molar refractivity (Wildman–Crippen MR) is 102 cm³/mol. The van der Waals surface area contributed by atoms with E-state index < -0.39 is 0 Å². The Morgan fingerprint density at radius 2 is 2.15 bits per heavy atom. The van der Waals surface area contributed by atoms with Crippen molar-refractivity contribution in [2.24, 2.45) is 5.73 Å². The molecule has 1 aliphatic heterocycles. The summed E-state index contributed by atoms with van der Waals surface area (Å²) in [6.45, 7) is 1.26. The third-order valence-electron chi connectivity index (χ3n) is 5.05. The van der Waals surface area contributed by atoms with Crippen LogP contribution in [0.15, 0.2) is 24.5 Å². The van der Waals surface area contributed by atoms with Gasteiger partial charge in [0.15, 0.2) is 0 Å². The Morgan fingerprint density at radius 1 is 1.31 bits per heavy atom. The summed E-state index contributed by atoms with van der Waals surface area (Å²) in [6.07, 6.45) is 8.08. The average Bonchev–Trinajstić information content (AvgIpc) is 3.25. The van der Waals surface area contributed by atoms with E-state index in [2.05, 4.69) is 10.3 Å². The molecule has 0 radical (unpaired) electrons. The molecule has 0 aromatic carbocycles. The van der Waals surface area contributed by atoms with Gasteiger partial charge in [-0.05, 0) is 49.8 Å². The fourth-order valence-corrected chi connectivity index (χ4v) is 4.96. The summed E-state index contributed by atoms with van der Waals surface area (Å²) in [5.74, 6) is -0.234. The number of carbonyl (C=O) groups excluding carboxylic acids is 2. The molecule has 1 fully saturated rings. The second-order valence-electron chi connectivity index (χ2n) is 6.91. The van der Waals surface area contributed by atoms with E-state index in [9.17, 15) is 9.59 Å². The minimum Gasteiger partial charge on any atom is -0.337 e. The summed E-state index contributed by atoms with van der Waals surface area (Å²) in [5.41, 5.74) is 8.26. The van der Waals surface area contributed by atoms with Crippen LogP contribution in [0.4, 0.5) is 5.00 Å². The van der Waals surface area contributed by atoms with Crippen molar-refractivity contribution in [3.63, 3.8) is 0 Å². The van der Waals surface area contributed by atoms with Crippen LogP contribution < -0.4 is 11.1 Å². The normalized spacial score (nSPS) is 19.3. The molecule has 6 nitrogen and oxygen atoms in total. The Bertz CT molecular complexity index is 834. The van der Waals surface area contributed by atoms with E-state index in [0.717, 1.165) is 37.7 Å². The number of anilines is 1. The molecule has 26 heavy (non-hydrogen) atoms. The lowest BCUT2D eigenvalue weighted by molar-refractivity contribution is 0.0791.